The molecular weight excluding hydrogens is 400 g/mol. The molecule has 0 radical (unpaired) electrons. The van der Waals surface area contributed by atoms with E-state index in [2.05, 4.69) is 45.3 Å². The lowest BCUT2D eigenvalue weighted by Crippen LogP contribution is -2.13. The van der Waals surface area contributed by atoms with Gasteiger partial charge in [-0.05, 0) is 29.7 Å². The van der Waals surface area contributed by atoms with Crippen molar-refractivity contribution >= 4 is 38.5 Å². The fourth-order valence-corrected chi connectivity index (χ4v) is 3.39. The van der Waals surface area contributed by atoms with Crippen LogP contribution in [0, 0.1) is 6.92 Å². The quantitative estimate of drug-likeness (QED) is 0.592. The summed E-state index contributed by atoms with van der Waals surface area (Å²) in [7, 11) is 0. The summed E-state index contributed by atoms with van der Waals surface area (Å²) >= 11 is 4.96. The Labute approximate surface area is 159 Å². The lowest BCUT2D eigenvalue weighted by atomic mass is 10.1. The predicted octanol–water partition coefficient (Wildman–Crippen LogP) is 5.55. The molecule has 25 heavy (non-hydrogen) atoms. The SMILES string of the molecule is Cc1cc(Cc2cnc(NC(=O)OCc3ccccc3)s2)ccc1Br. The molecule has 0 spiro atoms. The molecule has 4 nitrogen and oxygen atoms in total. The van der Waals surface area contributed by atoms with Crippen molar-refractivity contribution in [2.45, 2.75) is 20.0 Å². The van der Waals surface area contributed by atoms with Crippen molar-refractivity contribution in [2.75, 3.05) is 5.32 Å². The first-order chi connectivity index (χ1) is 12.1. The lowest BCUT2D eigenvalue weighted by Gasteiger charge is -2.04. The fraction of sp³-hybridized carbons (Fsp3) is 0.158. The molecule has 3 aromatic rings. The van der Waals surface area contributed by atoms with Crippen LogP contribution in [0.2, 0.25) is 0 Å². The second kappa shape index (κ2) is 8.27. The van der Waals surface area contributed by atoms with Crippen molar-refractivity contribution in [2.24, 2.45) is 0 Å². The van der Waals surface area contributed by atoms with Gasteiger partial charge in [0.1, 0.15) is 6.61 Å². The van der Waals surface area contributed by atoms with E-state index in [-0.39, 0.29) is 6.61 Å². The number of nitrogens with zero attached hydrogens (tertiary/aromatic N) is 1. The average molecular weight is 417 g/mol. The van der Waals surface area contributed by atoms with E-state index in [1.807, 2.05) is 36.4 Å². The second-order valence-electron chi connectivity index (χ2n) is 5.58. The van der Waals surface area contributed by atoms with E-state index in [9.17, 15) is 4.79 Å². The van der Waals surface area contributed by atoms with Crippen LogP contribution in [0.3, 0.4) is 0 Å². The molecule has 0 atom stereocenters. The Kier molecular flexibility index (Phi) is 5.83. The smallest absolute Gasteiger partial charge is 0.413 e. The van der Waals surface area contributed by atoms with Gasteiger partial charge in [0.2, 0.25) is 0 Å². The Bertz CT molecular complexity index is 865. The Morgan fingerprint density at radius 3 is 2.76 bits per heavy atom. The number of aromatic nitrogens is 1. The number of benzene rings is 2. The van der Waals surface area contributed by atoms with Crippen LogP contribution >= 0.6 is 27.3 Å². The van der Waals surface area contributed by atoms with Crippen LogP contribution < -0.4 is 5.32 Å². The number of carbonyl (C=O) groups excluding carboxylic acids is 1. The number of anilines is 1. The number of ether oxygens (including phenoxy) is 1. The number of nitrogens with one attached hydrogen (secondary N) is 1. The summed E-state index contributed by atoms with van der Waals surface area (Å²) in [5.74, 6) is 0. The normalized spacial score (nSPS) is 10.5. The maximum Gasteiger partial charge on any atom is 0.413 e. The van der Waals surface area contributed by atoms with Crippen LogP contribution in [-0.2, 0) is 17.8 Å². The van der Waals surface area contributed by atoms with Gasteiger partial charge >= 0.3 is 6.09 Å². The molecular formula is C19H17BrN2O2S. The molecule has 0 aliphatic heterocycles. The number of amides is 1. The molecule has 1 amide bonds. The molecule has 0 unspecified atom stereocenters. The molecule has 6 heteroatoms. The van der Waals surface area contributed by atoms with Crippen molar-refractivity contribution in [3.05, 3.63) is 80.8 Å². The van der Waals surface area contributed by atoms with Crippen molar-refractivity contribution < 1.29 is 9.53 Å². The number of thiazole rings is 1. The predicted molar refractivity (Wildman–Crippen MR) is 104 cm³/mol. The number of carbonyl (C=O) groups is 1. The van der Waals surface area contributed by atoms with Crippen molar-refractivity contribution in [3.8, 4) is 0 Å². The number of halogens is 1. The van der Waals surface area contributed by atoms with Gasteiger partial charge in [-0.25, -0.2) is 9.78 Å². The third-order valence-electron chi connectivity index (χ3n) is 3.58. The van der Waals surface area contributed by atoms with Gasteiger partial charge in [0.05, 0.1) is 0 Å². The fourth-order valence-electron chi connectivity index (χ4n) is 2.31. The minimum Gasteiger partial charge on any atom is -0.444 e. The standard InChI is InChI=1S/C19H17BrN2O2S/c1-13-9-15(7-8-17(13)20)10-16-11-21-18(25-16)22-19(23)24-12-14-5-3-2-4-6-14/h2-9,11H,10,12H2,1H3,(H,21,22,23). The zero-order valence-corrected chi connectivity index (χ0v) is 16.1. The van der Waals surface area contributed by atoms with Gasteiger partial charge in [0, 0.05) is 22.0 Å². The monoisotopic (exact) mass is 416 g/mol. The Hall–Kier alpha value is -2.18. The van der Waals surface area contributed by atoms with Gasteiger partial charge in [-0.1, -0.05) is 58.4 Å². The molecule has 0 fully saturated rings. The molecule has 0 saturated heterocycles. The minimum absolute atomic E-state index is 0.239. The first-order valence-corrected chi connectivity index (χ1v) is 9.38. The second-order valence-corrected chi connectivity index (χ2v) is 7.55. The molecule has 0 aliphatic carbocycles. The Morgan fingerprint density at radius 1 is 1.20 bits per heavy atom. The topological polar surface area (TPSA) is 51.2 Å². The average Bonchev–Trinajstić information content (AvgIpc) is 3.04. The first kappa shape index (κ1) is 17.6. The summed E-state index contributed by atoms with van der Waals surface area (Å²) in [5.41, 5.74) is 3.36. The van der Waals surface area contributed by atoms with Gasteiger partial charge in [-0.15, -0.1) is 11.3 Å². The van der Waals surface area contributed by atoms with Crippen molar-refractivity contribution in [1.29, 1.82) is 0 Å². The third-order valence-corrected chi connectivity index (χ3v) is 5.38. The van der Waals surface area contributed by atoms with Gasteiger partial charge in [-0.3, -0.25) is 5.32 Å². The van der Waals surface area contributed by atoms with Gasteiger partial charge < -0.3 is 4.74 Å². The highest BCUT2D eigenvalue weighted by Gasteiger charge is 2.09. The van der Waals surface area contributed by atoms with Crippen LogP contribution in [0.25, 0.3) is 0 Å². The zero-order valence-electron chi connectivity index (χ0n) is 13.7. The molecule has 0 saturated carbocycles. The van der Waals surface area contributed by atoms with Gasteiger partial charge in [0.15, 0.2) is 5.13 Å². The maximum absolute atomic E-state index is 11.9. The molecule has 3 rings (SSSR count). The highest BCUT2D eigenvalue weighted by Crippen LogP contribution is 2.24. The van der Waals surface area contributed by atoms with E-state index in [1.54, 1.807) is 6.20 Å². The number of rotatable bonds is 5. The molecule has 128 valence electrons. The maximum atomic E-state index is 11.9. The van der Waals surface area contributed by atoms with Crippen LogP contribution in [0.15, 0.2) is 59.2 Å². The van der Waals surface area contributed by atoms with Gasteiger partial charge in [-0.2, -0.15) is 0 Å². The number of hydrogen-bond acceptors (Lipinski definition) is 4. The van der Waals surface area contributed by atoms with Crippen LogP contribution in [0.4, 0.5) is 9.93 Å². The molecule has 0 aliphatic rings. The Balaban J connectivity index is 1.54. The zero-order chi connectivity index (χ0) is 17.6. The van der Waals surface area contributed by atoms with Crippen LogP contribution in [-0.4, -0.2) is 11.1 Å². The summed E-state index contributed by atoms with van der Waals surface area (Å²) in [4.78, 5) is 17.2. The largest absolute Gasteiger partial charge is 0.444 e. The van der Waals surface area contributed by atoms with Crippen LogP contribution in [0.5, 0.6) is 0 Å². The molecule has 1 aromatic heterocycles. The lowest BCUT2D eigenvalue weighted by molar-refractivity contribution is 0.155. The number of hydrogen-bond donors (Lipinski definition) is 1. The minimum atomic E-state index is -0.496. The molecule has 2 aromatic carbocycles. The Morgan fingerprint density at radius 2 is 2.00 bits per heavy atom. The first-order valence-electron chi connectivity index (χ1n) is 7.77. The third kappa shape index (κ3) is 5.14. The summed E-state index contributed by atoms with van der Waals surface area (Å²) in [6, 6.07) is 15.8. The highest BCUT2D eigenvalue weighted by atomic mass is 79.9. The summed E-state index contributed by atoms with van der Waals surface area (Å²) < 4.78 is 6.30. The van der Waals surface area contributed by atoms with Gasteiger partial charge in [0.25, 0.3) is 0 Å². The van der Waals surface area contributed by atoms with E-state index >= 15 is 0 Å². The van der Waals surface area contributed by atoms with Crippen LogP contribution in [0.1, 0.15) is 21.6 Å². The van der Waals surface area contributed by atoms with E-state index < -0.39 is 6.09 Å². The summed E-state index contributed by atoms with van der Waals surface area (Å²) in [6.07, 6.45) is 2.07. The summed E-state index contributed by atoms with van der Waals surface area (Å²) in [6.45, 7) is 2.30. The number of aryl methyl sites for hydroxylation is 1. The molecule has 1 N–H and O–H groups in total. The van der Waals surface area contributed by atoms with E-state index in [1.165, 1.54) is 22.5 Å². The molecule has 0 bridgehead atoms. The van der Waals surface area contributed by atoms with Crippen molar-refractivity contribution in [3.63, 3.8) is 0 Å². The van der Waals surface area contributed by atoms with E-state index in [0.717, 1.165) is 21.3 Å². The highest BCUT2D eigenvalue weighted by molar-refractivity contribution is 9.10. The molecule has 1 heterocycles. The van der Waals surface area contributed by atoms with E-state index in [4.69, 9.17) is 4.74 Å². The summed E-state index contributed by atoms with van der Waals surface area (Å²) in [5, 5.41) is 3.22. The van der Waals surface area contributed by atoms with E-state index in [0.29, 0.717) is 5.13 Å². The van der Waals surface area contributed by atoms with Crippen molar-refractivity contribution in [1.82, 2.24) is 4.98 Å².